The Morgan fingerprint density at radius 2 is 1.70 bits per heavy atom. The van der Waals surface area contributed by atoms with E-state index in [4.69, 9.17) is 0 Å². The number of amides is 1. The molecule has 1 atom stereocenters. The molecular weight excluding hydrogens is 447 g/mol. The van der Waals surface area contributed by atoms with Gasteiger partial charge in [0.05, 0.1) is 24.7 Å². The molecule has 4 nitrogen and oxygen atoms in total. The standard InChI is InChI=1S/C25H31N3O.Y/c1-4-23(25(29)27-24-19(2)11-10-12-20(24)3)28(15-8-5-9-16-28)18-22-14-7-6-13-21(22)17-26;/h6-7,10-14,23H,4-5,8-9,15-16,18H2,1-3H3;/p+1. The number of anilines is 1. The van der Waals surface area contributed by atoms with Crippen LogP contribution in [0.4, 0.5) is 5.69 Å². The Morgan fingerprint density at radius 3 is 2.30 bits per heavy atom. The fourth-order valence-electron chi connectivity index (χ4n) is 4.87. The average molecular weight is 479 g/mol. The summed E-state index contributed by atoms with van der Waals surface area (Å²) in [6, 6.07) is 16.1. The van der Waals surface area contributed by atoms with Gasteiger partial charge in [-0.1, -0.05) is 43.3 Å². The molecule has 1 fully saturated rings. The number of carbonyl (C=O) groups is 1. The van der Waals surface area contributed by atoms with Crippen LogP contribution in [0, 0.1) is 25.2 Å². The number of carbonyl (C=O) groups excluding carboxylic acids is 1. The Kier molecular flexibility index (Phi) is 9.22. The van der Waals surface area contributed by atoms with Crippen molar-refractivity contribution in [2.45, 2.75) is 59.0 Å². The van der Waals surface area contributed by atoms with Crippen LogP contribution in [-0.4, -0.2) is 29.5 Å². The number of nitriles is 1. The van der Waals surface area contributed by atoms with Gasteiger partial charge in [-0.3, -0.25) is 4.79 Å². The second kappa shape index (κ2) is 11.2. The van der Waals surface area contributed by atoms with Gasteiger partial charge in [0, 0.05) is 50.4 Å². The predicted octanol–water partition coefficient (Wildman–Crippen LogP) is 5.09. The topological polar surface area (TPSA) is 52.9 Å². The van der Waals surface area contributed by atoms with Crippen LogP contribution in [0.1, 0.15) is 54.9 Å². The Labute approximate surface area is 206 Å². The fourth-order valence-corrected chi connectivity index (χ4v) is 4.87. The molecule has 30 heavy (non-hydrogen) atoms. The third kappa shape index (κ3) is 5.38. The zero-order valence-electron chi connectivity index (χ0n) is 18.4. The first-order chi connectivity index (χ1) is 14.0. The first kappa shape index (κ1) is 24.7. The maximum atomic E-state index is 13.5. The van der Waals surface area contributed by atoms with E-state index in [0.717, 1.165) is 71.3 Å². The molecule has 0 bridgehead atoms. The van der Waals surface area contributed by atoms with Gasteiger partial charge in [-0.25, -0.2) is 0 Å². The van der Waals surface area contributed by atoms with Crippen LogP contribution in [0.25, 0.3) is 0 Å². The maximum Gasteiger partial charge on any atom is 0.282 e. The molecule has 1 unspecified atom stereocenters. The SMILES string of the molecule is CCC(C(=O)Nc1c(C)cccc1C)[N+]1(Cc2ccccc2C#N)CCCCC1.[Y]. The number of aryl methyl sites for hydroxylation is 2. The zero-order chi connectivity index (χ0) is 20.9. The molecule has 0 saturated carbocycles. The summed E-state index contributed by atoms with van der Waals surface area (Å²) in [4.78, 5) is 13.5. The minimum absolute atomic E-state index is 0. The van der Waals surface area contributed by atoms with E-state index >= 15 is 0 Å². The van der Waals surface area contributed by atoms with Crippen molar-refractivity contribution in [2.75, 3.05) is 18.4 Å². The molecule has 1 N–H and O–H groups in total. The summed E-state index contributed by atoms with van der Waals surface area (Å²) in [7, 11) is 0. The molecule has 0 aromatic heterocycles. The average Bonchev–Trinajstić information content (AvgIpc) is 2.72. The van der Waals surface area contributed by atoms with E-state index in [1.165, 1.54) is 6.42 Å². The number of quaternary nitrogens is 1. The van der Waals surface area contributed by atoms with Crippen LogP contribution in [-0.2, 0) is 44.0 Å². The molecule has 0 spiro atoms. The summed E-state index contributed by atoms with van der Waals surface area (Å²) >= 11 is 0. The Hall–Kier alpha value is -1.54. The van der Waals surface area contributed by atoms with Crippen molar-refractivity contribution < 1.29 is 42.0 Å². The summed E-state index contributed by atoms with van der Waals surface area (Å²) in [6.07, 6.45) is 4.25. The van der Waals surface area contributed by atoms with Crippen molar-refractivity contribution in [3.8, 4) is 6.07 Å². The smallest absolute Gasteiger partial charge is 0.282 e. The van der Waals surface area contributed by atoms with Crippen LogP contribution in [0.15, 0.2) is 42.5 Å². The van der Waals surface area contributed by atoms with Crippen LogP contribution in [0.5, 0.6) is 0 Å². The van der Waals surface area contributed by atoms with Gasteiger partial charge >= 0.3 is 0 Å². The quantitative estimate of drug-likeness (QED) is 0.587. The van der Waals surface area contributed by atoms with Crippen molar-refractivity contribution in [3.05, 3.63) is 64.7 Å². The monoisotopic (exact) mass is 479 g/mol. The van der Waals surface area contributed by atoms with Gasteiger partial charge in [0.15, 0.2) is 6.04 Å². The summed E-state index contributed by atoms with van der Waals surface area (Å²) in [6.45, 7) is 8.90. The van der Waals surface area contributed by atoms with E-state index in [2.05, 4.69) is 18.3 Å². The molecule has 1 amide bonds. The molecule has 2 aromatic rings. The molecule has 1 aliphatic heterocycles. The molecule has 1 radical (unpaired) electrons. The minimum atomic E-state index is -0.124. The van der Waals surface area contributed by atoms with Gasteiger partial charge in [-0.05, 0) is 50.3 Å². The molecule has 0 aliphatic carbocycles. The van der Waals surface area contributed by atoms with Crippen molar-refractivity contribution in [1.82, 2.24) is 0 Å². The van der Waals surface area contributed by atoms with Crippen LogP contribution < -0.4 is 5.32 Å². The summed E-state index contributed by atoms with van der Waals surface area (Å²) in [5.41, 5.74) is 4.89. The predicted molar refractivity (Wildman–Crippen MR) is 117 cm³/mol. The van der Waals surface area contributed by atoms with E-state index in [9.17, 15) is 10.1 Å². The van der Waals surface area contributed by atoms with Gasteiger partial charge < -0.3 is 9.80 Å². The number of likely N-dealkylation sites (tertiary alicyclic amines) is 1. The van der Waals surface area contributed by atoms with Crippen molar-refractivity contribution in [2.24, 2.45) is 0 Å². The van der Waals surface area contributed by atoms with Gasteiger partial charge in [0.25, 0.3) is 5.91 Å². The molecule has 1 heterocycles. The molecule has 5 heteroatoms. The van der Waals surface area contributed by atoms with E-state index in [1.54, 1.807) is 0 Å². The third-order valence-electron chi connectivity index (χ3n) is 6.41. The van der Waals surface area contributed by atoms with Crippen molar-refractivity contribution in [1.29, 1.82) is 5.26 Å². The number of hydrogen-bond donors (Lipinski definition) is 1. The second-order valence-electron chi connectivity index (χ2n) is 8.33. The molecule has 3 rings (SSSR count). The normalized spacial score (nSPS) is 16.1. The molecule has 155 valence electrons. The third-order valence-corrected chi connectivity index (χ3v) is 6.41. The zero-order valence-corrected chi connectivity index (χ0v) is 21.3. The van der Waals surface area contributed by atoms with Crippen molar-refractivity contribution >= 4 is 11.6 Å². The number of hydrogen-bond acceptors (Lipinski definition) is 2. The number of nitrogens with zero attached hydrogens (tertiary/aromatic N) is 2. The maximum absolute atomic E-state index is 13.5. The molecule has 1 aliphatic rings. The van der Waals surface area contributed by atoms with E-state index in [0.29, 0.717) is 0 Å². The Bertz CT molecular complexity index is 893. The Balaban J connectivity index is 0.00000320. The second-order valence-corrected chi connectivity index (χ2v) is 8.33. The number of benzene rings is 2. The van der Waals surface area contributed by atoms with E-state index in [-0.39, 0.29) is 44.7 Å². The van der Waals surface area contributed by atoms with Crippen LogP contribution >= 0.6 is 0 Å². The molecule has 1 saturated heterocycles. The summed E-state index contributed by atoms with van der Waals surface area (Å²) < 4.78 is 0.742. The van der Waals surface area contributed by atoms with Gasteiger partial charge in [-0.15, -0.1) is 0 Å². The number of piperidine rings is 1. The van der Waals surface area contributed by atoms with Gasteiger partial charge in [0.2, 0.25) is 0 Å². The van der Waals surface area contributed by atoms with Crippen molar-refractivity contribution in [3.63, 3.8) is 0 Å². The largest absolute Gasteiger partial charge is 0.320 e. The first-order valence-corrected chi connectivity index (χ1v) is 10.7. The van der Waals surface area contributed by atoms with E-state index < -0.39 is 0 Å². The summed E-state index contributed by atoms with van der Waals surface area (Å²) in [5, 5.41) is 12.8. The summed E-state index contributed by atoms with van der Waals surface area (Å²) in [5.74, 6) is 0.0984. The Morgan fingerprint density at radius 1 is 1.07 bits per heavy atom. The number of para-hydroxylation sites is 1. The fraction of sp³-hybridized carbons (Fsp3) is 0.440. The minimum Gasteiger partial charge on any atom is -0.320 e. The van der Waals surface area contributed by atoms with E-state index in [1.807, 2.05) is 56.3 Å². The van der Waals surface area contributed by atoms with Crippen LogP contribution in [0.3, 0.4) is 0 Å². The van der Waals surface area contributed by atoms with Gasteiger partial charge in [-0.2, -0.15) is 5.26 Å². The van der Waals surface area contributed by atoms with Gasteiger partial charge in [0.1, 0.15) is 6.54 Å². The molecular formula is C25H32N3OY+. The number of rotatable bonds is 6. The first-order valence-electron chi connectivity index (χ1n) is 10.7. The number of nitrogens with one attached hydrogen (secondary N) is 1. The van der Waals surface area contributed by atoms with Crippen LogP contribution in [0.2, 0.25) is 0 Å². The molecule has 2 aromatic carbocycles.